The fourth-order valence-electron chi connectivity index (χ4n) is 19.2. The fraction of sp³-hybridized carbons (Fsp3) is 1.00. The van der Waals surface area contributed by atoms with E-state index in [0.29, 0.717) is 89.9 Å². The third kappa shape index (κ3) is 26.9. The van der Waals surface area contributed by atoms with E-state index >= 15 is 0 Å². The van der Waals surface area contributed by atoms with Gasteiger partial charge in [-0.2, -0.15) is 92.2 Å². The second-order valence-corrected chi connectivity index (χ2v) is 36.8. The SMILES string of the molecule is CC(C)C(C(C)C)C(C)(C(C(C)C)C(C)C)C(F)(F)F.CC(C)C(C(C)C)C(C)(C(C)C)C(F)(F)F.CC1(C(F)(F)F)CCCC1.CC1(C(F)(F)F)CCCCC1.CC1(C)CCC(C)(C(F)(F)F)CC1.CCC(C)(CC)C(C)(C(F)(F)F)C(C)(CC)CC.CCC(CC)C(C)(C(CC)CC)C(F)(F)F. The van der Waals surface area contributed by atoms with Crippen molar-refractivity contribution in [2.45, 2.75) is 407 Å². The van der Waals surface area contributed by atoms with Gasteiger partial charge < -0.3 is 0 Å². The van der Waals surface area contributed by atoms with Crippen LogP contribution in [0.5, 0.6) is 0 Å². The molecule has 3 aliphatic rings. The minimum Gasteiger partial charge on any atom is -0.171 e. The lowest BCUT2D eigenvalue weighted by molar-refractivity contribution is -0.301. The largest absolute Gasteiger partial charge is 0.395 e. The van der Waals surface area contributed by atoms with Crippen LogP contribution in [0.3, 0.4) is 0 Å². The van der Waals surface area contributed by atoms with Gasteiger partial charge in [0.05, 0.1) is 37.9 Å². The van der Waals surface area contributed by atoms with E-state index in [4.69, 9.17) is 0 Å². The minimum atomic E-state index is -4.18. The molecule has 1 unspecified atom stereocenters. The van der Waals surface area contributed by atoms with Crippen LogP contribution in [0, 0.1) is 125 Å². The Labute approximate surface area is 621 Å². The average molecular weight is 1550 g/mol. The molecule has 104 heavy (non-hydrogen) atoms. The molecule has 0 radical (unpaired) electrons. The quantitative estimate of drug-likeness (QED) is 0.0948. The summed E-state index contributed by atoms with van der Waals surface area (Å²) in [5.74, 6) is -1.87. The van der Waals surface area contributed by atoms with E-state index in [2.05, 4.69) is 0 Å². The van der Waals surface area contributed by atoms with Crippen molar-refractivity contribution in [3.63, 3.8) is 0 Å². The van der Waals surface area contributed by atoms with Crippen molar-refractivity contribution in [2.75, 3.05) is 0 Å². The van der Waals surface area contributed by atoms with E-state index in [1.165, 1.54) is 48.5 Å². The highest BCUT2D eigenvalue weighted by Crippen LogP contribution is 2.66. The maximum absolute atomic E-state index is 14.0. The van der Waals surface area contributed by atoms with Crippen LogP contribution in [0.25, 0.3) is 0 Å². The number of hydrogen-bond donors (Lipinski definition) is 0. The van der Waals surface area contributed by atoms with Gasteiger partial charge in [0, 0.05) is 0 Å². The first-order valence-corrected chi connectivity index (χ1v) is 39.6. The molecular formula is C83H153F21. The molecule has 0 amide bonds. The van der Waals surface area contributed by atoms with E-state index in [0.717, 1.165) is 32.1 Å². The third-order valence-electron chi connectivity index (χ3n) is 27.6. The molecule has 21 heteroatoms. The van der Waals surface area contributed by atoms with Gasteiger partial charge in [-0.25, -0.2) is 0 Å². The summed E-state index contributed by atoms with van der Waals surface area (Å²) in [5.41, 5.74) is -11.9. The summed E-state index contributed by atoms with van der Waals surface area (Å²) >= 11 is 0. The molecule has 0 aliphatic heterocycles. The molecule has 0 aromatic carbocycles. The molecule has 3 fully saturated rings. The Morgan fingerprint density at radius 2 is 0.462 bits per heavy atom. The Morgan fingerprint density at radius 3 is 0.606 bits per heavy atom. The van der Waals surface area contributed by atoms with Gasteiger partial charge in [-0.1, -0.05) is 279 Å². The number of rotatable bonds is 22. The Kier molecular flexibility index (Phi) is 43.3. The molecule has 0 N–H and O–H groups in total. The average Bonchev–Trinajstić information content (AvgIpc) is 1.01. The third-order valence-corrected chi connectivity index (χ3v) is 27.6. The van der Waals surface area contributed by atoms with E-state index in [1.54, 1.807) is 27.7 Å². The first-order chi connectivity index (χ1) is 46.1. The molecule has 0 aromatic heterocycles. The zero-order valence-electron chi connectivity index (χ0n) is 71.2. The molecule has 0 saturated heterocycles. The summed E-state index contributed by atoms with van der Waals surface area (Å²) in [7, 11) is 0. The van der Waals surface area contributed by atoms with Crippen LogP contribution in [-0.4, -0.2) is 43.2 Å². The summed E-state index contributed by atoms with van der Waals surface area (Å²) in [4.78, 5) is 0. The first kappa shape index (κ1) is 109. The van der Waals surface area contributed by atoms with Gasteiger partial charge in [-0.3, -0.25) is 0 Å². The highest BCUT2D eigenvalue weighted by molar-refractivity contribution is 5.06. The maximum Gasteiger partial charge on any atom is 0.395 e. The van der Waals surface area contributed by atoms with Crippen LogP contribution in [0.2, 0.25) is 0 Å². The topological polar surface area (TPSA) is 0 Å². The van der Waals surface area contributed by atoms with E-state index in [9.17, 15) is 92.2 Å². The van der Waals surface area contributed by atoms with Crippen LogP contribution >= 0.6 is 0 Å². The van der Waals surface area contributed by atoms with Crippen molar-refractivity contribution in [3.8, 4) is 0 Å². The normalized spacial score (nSPS) is 18.8. The molecule has 3 saturated carbocycles. The van der Waals surface area contributed by atoms with Crippen LogP contribution in [-0.2, 0) is 0 Å². The smallest absolute Gasteiger partial charge is 0.171 e. The summed E-state index contributed by atoms with van der Waals surface area (Å²) < 4.78 is 275. The first-order valence-electron chi connectivity index (χ1n) is 39.6. The summed E-state index contributed by atoms with van der Waals surface area (Å²) in [5, 5.41) is 0. The maximum atomic E-state index is 14.0. The molecular weight excluding hydrogens is 1400 g/mol. The Bertz CT molecular complexity index is 2170. The van der Waals surface area contributed by atoms with Crippen molar-refractivity contribution < 1.29 is 92.2 Å². The predicted octanol–water partition coefficient (Wildman–Crippen LogP) is 34.0. The van der Waals surface area contributed by atoms with Crippen molar-refractivity contribution >= 4 is 0 Å². The Hall–Kier alpha value is -1.47. The van der Waals surface area contributed by atoms with Crippen molar-refractivity contribution in [3.05, 3.63) is 0 Å². The summed E-state index contributed by atoms with van der Waals surface area (Å²) in [6, 6.07) is 0. The van der Waals surface area contributed by atoms with Gasteiger partial charge >= 0.3 is 43.2 Å². The highest BCUT2D eigenvalue weighted by Gasteiger charge is 2.68. The van der Waals surface area contributed by atoms with Gasteiger partial charge in [0.2, 0.25) is 0 Å². The van der Waals surface area contributed by atoms with Crippen LogP contribution in [0.4, 0.5) is 92.2 Å². The van der Waals surface area contributed by atoms with Gasteiger partial charge in [0.15, 0.2) is 0 Å². The Balaban J connectivity index is -0.000000566. The fourth-order valence-corrected chi connectivity index (χ4v) is 19.2. The molecule has 0 spiro atoms. The van der Waals surface area contributed by atoms with Gasteiger partial charge in [0.1, 0.15) is 0 Å². The summed E-state index contributed by atoms with van der Waals surface area (Å²) in [6.07, 6.45) is -16.9. The lowest BCUT2D eigenvalue weighted by Crippen LogP contribution is -2.57. The molecule has 0 heterocycles. The van der Waals surface area contributed by atoms with Gasteiger partial charge in [-0.05, 0) is 171 Å². The van der Waals surface area contributed by atoms with Crippen LogP contribution < -0.4 is 0 Å². The predicted molar refractivity (Wildman–Crippen MR) is 393 cm³/mol. The second-order valence-electron chi connectivity index (χ2n) is 36.8. The van der Waals surface area contributed by atoms with Crippen molar-refractivity contribution in [1.29, 1.82) is 0 Å². The van der Waals surface area contributed by atoms with E-state index in [-0.39, 0.29) is 83.4 Å². The number of halogens is 21. The van der Waals surface area contributed by atoms with Crippen LogP contribution in [0.1, 0.15) is 363 Å². The zero-order chi connectivity index (χ0) is 84.3. The lowest BCUT2D eigenvalue weighted by atomic mass is 9.49. The molecule has 3 rings (SSSR count). The van der Waals surface area contributed by atoms with Crippen molar-refractivity contribution in [2.24, 2.45) is 125 Å². The molecule has 3 aliphatic carbocycles. The van der Waals surface area contributed by atoms with E-state index in [1.807, 2.05) is 152 Å². The van der Waals surface area contributed by atoms with E-state index < -0.39 is 97.9 Å². The number of alkyl halides is 21. The second kappa shape index (κ2) is 41.3. The van der Waals surface area contributed by atoms with Gasteiger partial charge in [-0.15, -0.1) is 0 Å². The number of hydrogen-bond acceptors (Lipinski definition) is 0. The molecule has 632 valence electrons. The molecule has 0 nitrogen and oxygen atoms in total. The monoisotopic (exact) mass is 1550 g/mol. The Morgan fingerprint density at radius 1 is 0.260 bits per heavy atom. The standard InChI is InChI=1S/C17H33F3.C15H29F3.2C13H25F3.C10H17F3.C8H13F3.C7H11F3/c1-10(2)14(11(3)4)16(9,17(18,19)20)15(12(5)6)13(7)8;1-8-12(5,9-2)14(7,15(16,17)18)13(6,10-3)11-4;1-8(2)11(9(3)4)12(7,10(5)6)13(14,15)16;1-6-10(7-2)12(5,13(14,15)16)11(8-3)9-4;1-8(2)4-6-9(3,7-5-8)10(11,12)13;1-7(8(9,10)11)5-3-2-4-6-7;1-6(7(8,9)10)4-2-3-5-6/h10-15H,1-9H3;8-11H2,1-7H3;8-11H,1-7H3;10-11H,6-9H2,1-5H3;4-7H2,1-3H3;2-6H2,1H3;2-5H2,1H3. The lowest BCUT2D eigenvalue weighted by Gasteiger charge is -2.57. The molecule has 1 atom stereocenters. The highest BCUT2D eigenvalue weighted by atomic mass is 19.4. The molecule has 0 bridgehead atoms. The van der Waals surface area contributed by atoms with Gasteiger partial charge in [0.25, 0.3) is 0 Å². The minimum absolute atomic E-state index is 0.0154. The zero-order valence-corrected chi connectivity index (χ0v) is 71.2. The van der Waals surface area contributed by atoms with Crippen LogP contribution in [0.15, 0.2) is 0 Å². The summed E-state index contributed by atoms with van der Waals surface area (Å²) in [6.45, 7) is 58.6. The van der Waals surface area contributed by atoms with Crippen molar-refractivity contribution in [1.82, 2.24) is 0 Å². The molecule has 0 aromatic rings.